The van der Waals surface area contributed by atoms with Crippen LogP contribution in [0.4, 0.5) is 10.5 Å². The van der Waals surface area contributed by atoms with Crippen molar-refractivity contribution in [1.29, 1.82) is 0 Å². The van der Waals surface area contributed by atoms with Gasteiger partial charge in [0.2, 0.25) is 5.89 Å². The Bertz CT molecular complexity index is 1180. The summed E-state index contributed by atoms with van der Waals surface area (Å²) < 4.78 is 11.5. The third kappa shape index (κ3) is 13.7. The molecule has 0 spiro atoms. The summed E-state index contributed by atoms with van der Waals surface area (Å²) in [6.07, 6.45) is 2.84. The van der Waals surface area contributed by atoms with E-state index in [2.05, 4.69) is 15.6 Å². The van der Waals surface area contributed by atoms with Gasteiger partial charge in [0, 0.05) is 42.2 Å². The monoisotopic (exact) mass is 556 g/mol. The van der Waals surface area contributed by atoms with Gasteiger partial charge < -0.3 is 34.9 Å². The van der Waals surface area contributed by atoms with Crippen LogP contribution < -0.4 is 15.4 Å². The van der Waals surface area contributed by atoms with Gasteiger partial charge in [0.25, 0.3) is 0 Å². The molecule has 4 N–H and O–H groups in total. The van der Waals surface area contributed by atoms with Gasteiger partial charge in [-0.15, -0.1) is 11.8 Å². The lowest BCUT2D eigenvalue weighted by Crippen LogP contribution is -2.34. The number of aromatic nitrogens is 1. The van der Waals surface area contributed by atoms with E-state index in [1.54, 1.807) is 18.0 Å². The van der Waals surface area contributed by atoms with Gasteiger partial charge in [-0.2, -0.15) is 0 Å². The first-order valence-corrected chi connectivity index (χ1v) is 13.0. The molecule has 2 aromatic carbocycles. The fourth-order valence-corrected chi connectivity index (χ4v) is 3.49. The summed E-state index contributed by atoms with van der Waals surface area (Å²) >= 11 is 1.71. The van der Waals surface area contributed by atoms with Gasteiger partial charge in [-0.3, -0.25) is 0 Å². The van der Waals surface area contributed by atoms with E-state index in [0.29, 0.717) is 42.7 Å². The van der Waals surface area contributed by atoms with Gasteiger partial charge in [-0.25, -0.2) is 19.4 Å². The molecular weight excluding hydrogens is 524 g/mol. The number of hydrogen-bond donors (Lipinski definition) is 4. The Morgan fingerprint density at radius 3 is 2.31 bits per heavy atom. The molecule has 0 aliphatic rings. The Balaban J connectivity index is 0.000000580. The van der Waals surface area contributed by atoms with Crippen LogP contribution in [0.25, 0.3) is 11.3 Å². The number of thioether (sulfide) groups is 1. The highest BCUT2D eigenvalue weighted by Crippen LogP contribution is 2.24. The molecule has 208 valence electrons. The molecule has 1 aromatic heterocycles. The Hall–Kier alpha value is -4.29. The fourth-order valence-electron chi connectivity index (χ4n) is 2.83. The normalized spacial score (nSPS) is 10.5. The van der Waals surface area contributed by atoms with Crippen molar-refractivity contribution >= 4 is 35.4 Å². The van der Waals surface area contributed by atoms with Crippen molar-refractivity contribution in [2.75, 3.05) is 44.9 Å². The number of urea groups is 1. The van der Waals surface area contributed by atoms with Crippen LogP contribution in [0.5, 0.6) is 5.75 Å². The molecule has 0 unspecified atom stereocenters. The maximum Gasteiger partial charge on any atom is 0.328 e. The van der Waals surface area contributed by atoms with Crippen LogP contribution in [0.1, 0.15) is 5.89 Å². The molecule has 12 heteroatoms. The lowest BCUT2D eigenvalue weighted by atomic mass is 10.2. The molecule has 3 rings (SSSR count). The number of oxazole rings is 1. The molecule has 2 amide bonds. The Morgan fingerprint density at radius 2 is 1.69 bits per heavy atom. The van der Waals surface area contributed by atoms with Crippen molar-refractivity contribution in [2.24, 2.45) is 0 Å². The summed E-state index contributed by atoms with van der Waals surface area (Å²) in [6.45, 7) is 2.02. The molecule has 0 aliphatic heterocycles. The third-order valence-corrected chi connectivity index (χ3v) is 5.57. The molecule has 0 fully saturated rings. The zero-order valence-electron chi connectivity index (χ0n) is 21.7. The minimum Gasteiger partial charge on any atom is -0.493 e. The predicted molar refractivity (Wildman–Crippen MR) is 150 cm³/mol. The van der Waals surface area contributed by atoms with Crippen LogP contribution in [0.3, 0.4) is 0 Å². The summed E-state index contributed by atoms with van der Waals surface area (Å²) in [5, 5.41) is 21.3. The Kier molecular flexibility index (Phi) is 13.7. The molecule has 3 aromatic rings. The number of carboxylic acid groups (broad SMARTS) is 2. The molecule has 0 bridgehead atoms. The summed E-state index contributed by atoms with van der Waals surface area (Å²) in [5.41, 5.74) is 1.63. The Labute approximate surface area is 230 Å². The van der Waals surface area contributed by atoms with E-state index in [0.717, 1.165) is 29.3 Å². The first-order chi connectivity index (χ1) is 18.7. The minimum atomic E-state index is -1.26. The summed E-state index contributed by atoms with van der Waals surface area (Å²) in [5.74, 6) is 1.29. The van der Waals surface area contributed by atoms with Crippen molar-refractivity contribution in [2.45, 2.75) is 5.75 Å². The van der Waals surface area contributed by atoms with E-state index in [-0.39, 0.29) is 6.03 Å². The van der Waals surface area contributed by atoms with E-state index < -0.39 is 11.9 Å². The first-order valence-electron chi connectivity index (χ1n) is 11.9. The maximum atomic E-state index is 11.9. The number of anilines is 1. The summed E-state index contributed by atoms with van der Waals surface area (Å²) in [6, 6.07) is 17.1. The van der Waals surface area contributed by atoms with Gasteiger partial charge in [0.15, 0.2) is 5.76 Å². The van der Waals surface area contributed by atoms with Crippen molar-refractivity contribution in [3.05, 3.63) is 78.8 Å². The number of rotatable bonds is 13. The standard InChI is InChI=1S/C23H28N4O3S.C4H4O4/c1-27(2)13-12-24-23(28)26-19-10-8-18(9-11-19)21-16-25-22(30-21)17-31-15-14-29-20-6-4-3-5-7-20;5-3(6)1-2-4(7)8/h3-11,16H,12-15,17H2,1-2H3,(H2,24,26,28);1-2H,(H,5,6)(H,7,8)/b;2-1-. The van der Waals surface area contributed by atoms with E-state index in [1.807, 2.05) is 73.6 Å². The Morgan fingerprint density at radius 1 is 1.03 bits per heavy atom. The highest BCUT2D eigenvalue weighted by molar-refractivity contribution is 7.98. The second kappa shape index (κ2) is 17.3. The quantitative estimate of drug-likeness (QED) is 0.179. The molecule has 0 radical (unpaired) electrons. The SMILES string of the molecule is CN(C)CCNC(=O)Nc1ccc(-c2cnc(CSCCOc3ccccc3)o2)cc1.O=C(O)/C=C\C(=O)O. The average Bonchev–Trinajstić information content (AvgIpc) is 3.37. The van der Waals surface area contributed by atoms with E-state index in [4.69, 9.17) is 19.4 Å². The molecule has 0 aliphatic carbocycles. The number of carbonyl (C=O) groups excluding carboxylic acids is 1. The van der Waals surface area contributed by atoms with Gasteiger partial charge >= 0.3 is 18.0 Å². The van der Waals surface area contributed by atoms with E-state index in [1.165, 1.54) is 0 Å². The highest BCUT2D eigenvalue weighted by Gasteiger charge is 2.08. The number of aliphatic carboxylic acids is 2. The first kappa shape index (κ1) is 30.9. The van der Waals surface area contributed by atoms with Crippen molar-refractivity contribution in [3.63, 3.8) is 0 Å². The van der Waals surface area contributed by atoms with Crippen molar-refractivity contribution < 1.29 is 33.8 Å². The summed E-state index contributed by atoms with van der Waals surface area (Å²) in [4.78, 5) is 37.4. The fraction of sp³-hybridized carbons (Fsp3) is 0.259. The number of benzene rings is 2. The number of para-hydroxylation sites is 1. The minimum absolute atomic E-state index is 0.218. The van der Waals surface area contributed by atoms with Crippen LogP contribution in [0.15, 0.2) is 77.4 Å². The smallest absolute Gasteiger partial charge is 0.328 e. The van der Waals surface area contributed by atoms with Gasteiger partial charge in [-0.1, -0.05) is 18.2 Å². The number of nitrogens with zero attached hydrogens (tertiary/aromatic N) is 2. The van der Waals surface area contributed by atoms with Crippen LogP contribution in [-0.2, 0) is 15.3 Å². The number of carboxylic acids is 2. The number of hydrogen-bond acceptors (Lipinski definition) is 8. The second-order valence-electron chi connectivity index (χ2n) is 8.10. The summed E-state index contributed by atoms with van der Waals surface area (Å²) in [7, 11) is 3.93. The lowest BCUT2D eigenvalue weighted by molar-refractivity contribution is -0.134. The zero-order valence-corrected chi connectivity index (χ0v) is 22.5. The maximum absolute atomic E-state index is 11.9. The number of amides is 2. The van der Waals surface area contributed by atoms with Crippen LogP contribution in [0.2, 0.25) is 0 Å². The van der Waals surface area contributed by atoms with Crippen LogP contribution in [0, 0.1) is 0 Å². The molecule has 0 saturated carbocycles. The van der Waals surface area contributed by atoms with Crippen LogP contribution in [-0.4, -0.2) is 77.6 Å². The van der Waals surface area contributed by atoms with E-state index in [9.17, 15) is 14.4 Å². The number of ether oxygens (including phenoxy) is 1. The molecule has 1 heterocycles. The zero-order chi connectivity index (χ0) is 28.5. The van der Waals surface area contributed by atoms with Crippen LogP contribution >= 0.6 is 11.8 Å². The molecule has 39 heavy (non-hydrogen) atoms. The molecule has 0 saturated heterocycles. The molecule has 0 atom stereocenters. The van der Waals surface area contributed by atoms with Gasteiger partial charge in [0.1, 0.15) is 5.75 Å². The number of nitrogens with one attached hydrogen (secondary N) is 2. The number of likely N-dealkylation sites (N-methyl/N-ethyl adjacent to an activating group) is 1. The lowest BCUT2D eigenvalue weighted by Gasteiger charge is -2.11. The van der Waals surface area contributed by atoms with Gasteiger partial charge in [0.05, 0.1) is 18.6 Å². The van der Waals surface area contributed by atoms with Crippen molar-refractivity contribution in [1.82, 2.24) is 15.2 Å². The average molecular weight is 557 g/mol. The van der Waals surface area contributed by atoms with Crippen molar-refractivity contribution in [3.8, 4) is 17.1 Å². The molecule has 11 nitrogen and oxygen atoms in total. The topological polar surface area (TPSA) is 154 Å². The highest BCUT2D eigenvalue weighted by atomic mass is 32.2. The number of carbonyl (C=O) groups is 3. The van der Waals surface area contributed by atoms with Gasteiger partial charge in [-0.05, 0) is 50.5 Å². The predicted octanol–water partition coefficient (Wildman–Crippen LogP) is 4.05. The van der Waals surface area contributed by atoms with E-state index >= 15 is 0 Å². The molecular formula is C27H32N4O7S. The second-order valence-corrected chi connectivity index (χ2v) is 9.21. The largest absolute Gasteiger partial charge is 0.493 e. The third-order valence-electron chi connectivity index (χ3n) is 4.66.